The van der Waals surface area contributed by atoms with Crippen molar-refractivity contribution in [2.75, 3.05) is 5.32 Å². The quantitative estimate of drug-likeness (QED) is 0.446. The van der Waals surface area contributed by atoms with Crippen molar-refractivity contribution in [2.24, 2.45) is 0 Å². The zero-order chi connectivity index (χ0) is 21.5. The molecule has 0 unspecified atom stereocenters. The van der Waals surface area contributed by atoms with Crippen LogP contribution < -0.4 is 5.32 Å². The second-order valence-corrected chi connectivity index (χ2v) is 7.36. The SMILES string of the molecule is CCc1ccc(Cn2nccc2NC(=O)CCc2nc(Cc3ccccc3)no2)cc1. The summed E-state index contributed by atoms with van der Waals surface area (Å²) < 4.78 is 7.07. The average molecular weight is 415 g/mol. The van der Waals surface area contributed by atoms with Crippen LogP contribution in [0.3, 0.4) is 0 Å². The van der Waals surface area contributed by atoms with Crippen molar-refractivity contribution in [3.63, 3.8) is 0 Å². The first kappa shape index (κ1) is 20.5. The third-order valence-corrected chi connectivity index (χ3v) is 5.03. The van der Waals surface area contributed by atoms with Gasteiger partial charge in [0.05, 0.1) is 12.7 Å². The highest BCUT2D eigenvalue weighted by molar-refractivity contribution is 5.89. The number of carbonyl (C=O) groups excluding carboxylic acids is 1. The fraction of sp³-hybridized carbons (Fsp3) is 0.250. The number of anilines is 1. The number of rotatable bonds is 9. The third kappa shape index (κ3) is 5.66. The Morgan fingerprint density at radius 3 is 2.55 bits per heavy atom. The van der Waals surface area contributed by atoms with Gasteiger partial charge in [-0.3, -0.25) is 4.79 Å². The Balaban J connectivity index is 1.29. The molecule has 0 spiro atoms. The van der Waals surface area contributed by atoms with Gasteiger partial charge in [0.1, 0.15) is 5.82 Å². The van der Waals surface area contributed by atoms with E-state index in [9.17, 15) is 4.79 Å². The maximum atomic E-state index is 12.4. The Morgan fingerprint density at radius 2 is 1.77 bits per heavy atom. The van der Waals surface area contributed by atoms with Crippen molar-refractivity contribution in [3.8, 4) is 0 Å². The number of benzene rings is 2. The minimum absolute atomic E-state index is 0.120. The molecule has 1 N–H and O–H groups in total. The molecule has 4 rings (SSSR count). The molecule has 0 aliphatic rings. The molecule has 7 heteroatoms. The first-order valence-corrected chi connectivity index (χ1v) is 10.4. The van der Waals surface area contributed by atoms with Gasteiger partial charge in [0.2, 0.25) is 11.8 Å². The maximum Gasteiger partial charge on any atom is 0.227 e. The van der Waals surface area contributed by atoms with E-state index in [1.807, 2.05) is 30.3 Å². The molecular weight excluding hydrogens is 390 g/mol. The number of aromatic nitrogens is 4. The highest BCUT2D eigenvalue weighted by atomic mass is 16.5. The Kier molecular flexibility index (Phi) is 6.52. The van der Waals surface area contributed by atoms with Crippen LogP contribution >= 0.6 is 0 Å². The highest BCUT2D eigenvalue weighted by Crippen LogP contribution is 2.13. The summed E-state index contributed by atoms with van der Waals surface area (Å²) in [6, 6.07) is 20.2. The summed E-state index contributed by atoms with van der Waals surface area (Å²) >= 11 is 0. The first-order chi connectivity index (χ1) is 15.2. The van der Waals surface area contributed by atoms with Crippen molar-refractivity contribution in [3.05, 3.63) is 95.3 Å². The average Bonchev–Trinajstić information content (AvgIpc) is 3.43. The molecule has 7 nitrogen and oxygen atoms in total. The van der Waals surface area contributed by atoms with Gasteiger partial charge in [-0.05, 0) is 23.1 Å². The predicted octanol–water partition coefficient (Wildman–Crippen LogP) is 4.04. The number of nitrogens with one attached hydrogen (secondary N) is 1. The van der Waals surface area contributed by atoms with Gasteiger partial charge in [-0.15, -0.1) is 0 Å². The van der Waals surface area contributed by atoms with E-state index in [1.54, 1.807) is 16.9 Å². The number of aryl methyl sites for hydroxylation is 2. The van der Waals surface area contributed by atoms with Gasteiger partial charge in [0, 0.05) is 25.3 Å². The molecule has 0 bridgehead atoms. The lowest BCUT2D eigenvalue weighted by Gasteiger charge is -2.09. The molecule has 0 atom stereocenters. The maximum absolute atomic E-state index is 12.4. The molecule has 0 fully saturated rings. The molecule has 0 saturated heterocycles. The lowest BCUT2D eigenvalue weighted by molar-refractivity contribution is -0.116. The molecule has 2 aromatic heterocycles. The van der Waals surface area contributed by atoms with Crippen LogP contribution in [-0.2, 0) is 30.6 Å². The fourth-order valence-corrected chi connectivity index (χ4v) is 3.29. The van der Waals surface area contributed by atoms with Crippen LogP contribution in [0.25, 0.3) is 0 Å². The summed E-state index contributed by atoms with van der Waals surface area (Å²) in [7, 11) is 0. The normalized spacial score (nSPS) is 10.9. The Morgan fingerprint density at radius 1 is 1.00 bits per heavy atom. The van der Waals surface area contributed by atoms with Crippen molar-refractivity contribution >= 4 is 11.7 Å². The summed E-state index contributed by atoms with van der Waals surface area (Å²) in [5.41, 5.74) is 3.55. The van der Waals surface area contributed by atoms with Crippen molar-refractivity contribution < 1.29 is 9.32 Å². The number of carbonyl (C=O) groups is 1. The van der Waals surface area contributed by atoms with Gasteiger partial charge in [0.15, 0.2) is 5.82 Å². The molecular formula is C24H25N5O2. The predicted molar refractivity (Wildman–Crippen MR) is 118 cm³/mol. The number of nitrogens with zero attached hydrogens (tertiary/aromatic N) is 4. The lowest BCUT2D eigenvalue weighted by Crippen LogP contribution is -2.16. The molecule has 158 valence electrons. The minimum atomic E-state index is -0.120. The van der Waals surface area contributed by atoms with Crippen LogP contribution in [-0.4, -0.2) is 25.8 Å². The van der Waals surface area contributed by atoms with Gasteiger partial charge in [0.25, 0.3) is 0 Å². The molecule has 0 radical (unpaired) electrons. The van der Waals surface area contributed by atoms with Crippen molar-refractivity contribution in [2.45, 2.75) is 39.2 Å². The molecule has 4 aromatic rings. The fourth-order valence-electron chi connectivity index (χ4n) is 3.29. The zero-order valence-electron chi connectivity index (χ0n) is 17.5. The first-order valence-electron chi connectivity index (χ1n) is 10.4. The van der Waals surface area contributed by atoms with E-state index in [0.717, 1.165) is 17.5 Å². The van der Waals surface area contributed by atoms with E-state index in [0.29, 0.717) is 36.9 Å². The second-order valence-electron chi connectivity index (χ2n) is 7.36. The summed E-state index contributed by atoms with van der Waals surface area (Å²) in [6.45, 7) is 2.73. The monoisotopic (exact) mass is 415 g/mol. The third-order valence-electron chi connectivity index (χ3n) is 5.03. The zero-order valence-corrected chi connectivity index (χ0v) is 17.5. The van der Waals surface area contributed by atoms with E-state index >= 15 is 0 Å². The van der Waals surface area contributed by atoms with E-state index in [-0.39, 0.29) is 12.3 Å². The van der Waals surface area contributed by atoms with E-state index in [1.165, 1.54) is 5.56 Å². The standard InChI is InChI=1S/C24H25N5O2/c1-2-18-8-10-20(11-9-18)17-29-22(14-15-25-29)27-23(30)12-13-24-26-21(28-31-24)16-19-6-4-3-5-7-19/h3-11,14-15H,2,12-13,16-17H2,1H3,(H,27,30). The number of hydrogen-bond acceptors (Lipinski definition) is 5. The summed E-state index contributed by atoms with van der Waals surface area (Å²) in [4.78, 5) is 16.8. The molecule has 0 saturated carbocycles. The molecule has 1 amide bonds. The number of amides is 1. The Labute approximate surface area is 181 Å². The van der Waals surface area contributed by atoms with Crippen LogP contribution in [0.4, 0.5) is 5.82 Å². The summed E-state index contributed by atoms with van der Waals surface area (Å²) in [5.74, 6) is 1.63. The molecule has 31 heavy (non-hydrogen) atoms. The van der Waals surface area contributed by atoms with Gasteiger partial charge >= 0.3 is 0 Å². The Hall–Kier alpha value is -3.74. The van der Waals surface area contributed by atoms with Crippen LogP contribution in [0.1, 0.15) is 41.8 Å². The van der Waals surface area contributed by atoms with Gasteiger partial charge in [-0.2, -0.15) is 10.1 Å². The van der Waals surface area contributed by atoms with Crippen LogP contribution in [0, 0.1) is 0 Å². The largest absolute Gasteiger partial charge is 0.339 e. The smallest absolute Gasteiger partial charge is 0.227 e. The van der Waals surface area contributed by atoms with E-state index < -0.39 is 0 Å². The van der Waals surface area contributed by atoms with Gasteiger partial charge in [-0.1, -0.05) is 66.7 Å². The molecule has 2 aromatic carbocycles. The van der Waals surface area contributed by atoms with Crippen molar-refractivity contribution in [1.29, 1.82) is 0 Å². The van der Waals surface area contributed by atoms with Crippen LogP contribution in [0.5, 0.6) is 0 Å². The van der Waals surface area contributed by atoms with Gasteiger partial charge < -0.3 is 9.84 Å². The minimum Gasteiger partial charge on any atom is -0.339 e. The highest BCUT2D eigenvalue weighted by Gasteiger charge is 2.12. The van der Waals surface area contributed by atoms with Crippen LogP contribution in [0.15, 0.2) is 71.4 Å². The summed E-state index contributed by atoms with van der Waals surface area (Å²) in [6.07, 6.45) is 3.94. The topological polar surface area (TPSA) is 85.8 Å². The molecule has 2 heterocycles. The summed E-state index contributed by atoms with van der Waals surface area (Å²) in [5, 5.41) is 11.3. The number of hydrogen-bond donors (Lipinski definition) is 1. The molecule has 0 aliphatic heterocycles. The molecule has 0 aliphatic carbocycles. The lowest BCUT2D eigenvalue weighted by atomic mass is 10.1. The second kappa shape index (κ2) is 9.84. The Bertz CT molecular complexity index is 1120. The van der Waals surface area contributed by atoms with Crippen molar-refractivity contribution in [1.82, 2.24) is 19.9 Å². The van der Waals surface area contributed by atoms with E-state index in [2.05, 4.69) is 51.7 Å². The van der Waals surface area contributed by atoms with Gasteiger partial charge in [-0.25, -0.2) is 4.68 Å². The van der Waals surface area contributed by atoms with Crippen LogP contribution in [0.2, 0.25) is 0 Å². The van der Waals surface area contributed by atoms with E-state index in [4.69, 9.17) is 4.52 Å².